The molecule has 2 saturated heterocycles. The molecular formula is C38H46ClFN8O5. The highest BCUT2D eigenvalue weighted by molar-refractivity contribution is 6.33. The topological polar surface area (TPSA) is 166 Å². The van der Waals surface area contributed by atoms with Crippen molar-refractivity contribution in [2.45, 2.75) is 89.5 Å². The number of halogens is 2. The van der Waals surface area contributed by atoms with Crippen molar-refractivity contribution in [3.63, 3.8) is 0 Å². The van der Waals surface area contributed by atoms with Gasteiger partial charge in [-0.1, -0.05) is 18.0 Å². The van der Waals surface area contributed by atoms with Crippen LogP contribution >= 0.6 is 11.6 Å². The molecule has 282 valence electrons. The second-order valence-corrected chi connectivity index (χ2v) is 16.6. The zero-order valence-corrected chi connectivity index (χ0v) is 31.3. The third-order valence-electron chi connectivity index (χ3n) is 12.1. The number of aromatic nitrogens is 5. The van der Waals surface area contributed by atoms with Gasteiger partial charge >= 0.3 is 6.01 Å². The van der Waals surface area contributed by atoms with Crippen LogP contribution in [0, 0.1) is 34.9 Å². The number of piperidine rings is 1. The van der Waals surface area contributed by atoms with Crippen molar-refractivity contribution >= 4 is 39.2 Å². The number of nitrogens with zero attached hydrogens (tertiary/aromatic N) is 7. The Hall–Kier alpha value is -3.87. The lowest BCUT2D eigenvalue weighted by molar-refractivity contribution is -0.0629. The van der Waals surface area contributed by atoms with E-state index in [4.69, 9.17) is 40.8 Å². The van der Waals surface area contributed by atoms with Crippen LogP contribution in [0.5, 0.6) is 11.9 Å². The second-order valence-electron chi connectivity index (χ2n) is 16.2. The van der Waals surface area contributed by atoms with Crippen molar-refractivity contribution in [2.24, 2.45) is 10.8 Å². The molecule has 3 aromatic heterocycles. The molecule has 0 radical (unpaired) electrons. The van der Waals surface area contributed by atoms with Crippen LogP contribution < -0.4 is 14.4 Å². The molecule has 0 spiro atoms. The Morgan fingerprint density at radius 1 is 1.21 bits per heavy atom. The van der Waals surface area contributed by atoms with Crippen LogP contribution in [0.15, 0.2) is 12.3 Å². The number of β-amino-alcohol motifs (C(OH)–C–C–N with tert-alkyl or cyclic N) is 1. The van der Waals surface area contributed by atoms with E-state index in [0.29, 0.717) is 45.7 Å². The van der Waals surface area contributed by atoms with Gasteiger partial charge in [-0.25, -0.2) is 9.37 Å². The van der Waals surface area contributed by atoms with Crippen molar-refractivity contribution in [3.8, 4) is 29.2 Å². The maximum Gasteiger partial charge on any atom is 0.319 e. The summed E-state index contributed by atoms with van der Waals surface area (Å²) in [7, 11) is 1.45. The van der Waals surface area contributed by atoms with Crippen molar-refractivity contribution in [3.05, 3.63) is 28.7 Å². The Morgan fingerprint density at radius 3 is 2.75 bits per heavy atom. The summed E-state index contributed by atoms with van der Waals surface area (Å²) in [6, 6.07) is 4.92. The lowest BCUT2D eigenvalue weighted by Gasteiger charge is -2.54. The molecule has 2 saturated carbocycles. The minimum absolute atomic E-state index is 0.00918. The van der Waals surface area contributed by atoms with Gasteiger partial charge in [0, 0.05) is 40.0 Å². The average Bonchev–Trinajstić information content (AvgIpc) is 3.75. The first-order valence-electron chi connectivity index (χ1n) is 18.5. The molecule has 2 aliphatic heterocycles. The molecule has 15 heteroatoms. The van der Waals surface area contributed by atoms with Crippen LogP contribution in [0.1, 0.15) is 64.4 Å². The van der Waals surface area contributed by atoms with Crippen LogP contribution in [0.3, 0.4) is 0 Å². The first-order chi connectivity index (χ1) is 25.4. The molecule has 0 bridgehead atoms. The number of nitriles is 1. The van der Waals surface area contributed by atoms with E-state index in [1.165, 1.54) is 7.11 Å². The van der Waals surface area contributed by atoms with Crippen molar-refractivity contribution < 1.29 is 28.8 Å². The Balaban J connectivity index is 1.24. The summed E-state index contributed by atoms with van der Waals surface area (Å²) in [4.78, 5) is 18.7. The number of aliphatic hydroxyl groups is 2. The number of hydrogen-bond donors (Lipinski definition) is 3. The summed E-state index contributed by atoms with van der Waals surface area (Å²) in [5.74, 6) is -0.400. The van der Waals surface area contributed by atoms with Crippen LogP contribution in [0.4, 0.5) is 10.2 Å². The molecule has 4 aliphatic rings. The summed E-state index contributed by atoms with van der Waals surface area (Å²) in [6.45, 7) is 6.74. The Morgan fingerprint density at radius 2 is 2.00 bits per heavy atom. The van der Waals surface area contributed by atoms with Gasteiger partial charge in [-0.3, -0.25) is 10.00 Å². The molecule has 4 atom stereocenters. The van der Waals surface area contributed by atoms with Crippen LogP contribution in [-0.2, 0) is 4.74 Å². The molecule has 0 amide bonds. The smallest absolute Gasteiger partial charge is 0.319 e. The third kappa shape index (κ3) is 6.24. The Bertz CT molecular complexity index is 2100. The van der Waals surface area contributed by atoms with E-state index in [0.717, 1.165) is 51.5 Å². The van der Waals surface area contributed by atoms with E-state index in [9.17, 15) is 15.5 Å². The van der Waals surface area contributed by atoms with Gasteiger partial charge in [0.1, 0.15) is 28.0 Å². The summed E-state index contributed by atoms with van der Waals surface area (Å²) in [5.41, 5.74) is -0.122. The number of likely N-dealkylation sites (tertiary alicyclic amines) is 1. The first-order valence-corrected chi connectivity index (χ1v) is 18.8. The summed E-state index contributed by atoms with van der Waals surface area (Å²) in [6.07, 6.45) is 7.85. The number of nitrogens with one attached hydrogen (secondary N) is 1. The zero-order valence-electron chi connectivity index (χ0n) is 30.6. The van der Waals surface area contributed by atoms with Crippen molar-refractivity contribution in [1.82, 2.24) is 30.0 Å². The molecule has 8 rings (SSSR count). The highest BCUT2D eigenvalue weighted by atomic mass is 35.5. The molecular weight excluding hydrogens is 703 g/mol. The predicted molar refractivity (Wildman–Crippen MR) is 197 cm³/mol. The lowest BCUT2D eigenvalue weighted by Crippen LogP contribution is -2.60. The fourth-order valence-corrected chi connectivity index (χ4v) is 9.66. The standard InChI is InChI=1S/C38H46ClFN8O5/c1-21-25(39)11-26-24(14-42-46-26)28(21)31-30(40)32-29(34(43-31)51-4)33(47-15-23(16-49)52-19-37(3,50)18-47)45-35(44-32)53-20-38-8-5-7-27(38)48(10-6-9-38)22-12-36(2,13-22)17-41/h11,14,22-23,27,49-50H,5-10,12-13,15-16,18-20H2,1-4H3,(H,42,46)/t22?,23?,27-,36?,37?,38?/m1/s1. The number of aromatic amines is 1. The average molecular weight is 749 g/mol. The minimum Gasteiger partial charge on any atom is -0.480 e. The number of aliphatic hydroxyl groups excluding tert-OH is 1. The third-order valence-corrected chi connectivity index (χ3v) is 12.5. The number of anilines is 1. The molecule has 4 aromatic rings. The number of fused-ring (bicyclic) bond motifs is 3. The maximum absolute atomic E-state index is 17.3. The van der Waals surface area contributed by atoms with Gasteiger partial charge in [-0.05, 0) is 77.5 Å². The second kappa shape index (κ2) is 13.5. The summed E-state index contributed by atoms with van der Waals surface area (Å²) in [5, 5.41) is 39.5. The maximum atomic E-state index is 17.3. The quantitative estimate of drug-likeness (QED) is 0.212. The van der Waals surface area contributed by atoms with Crippen LogP contribution in [0.25, 0.3) is 33.1 Å². The molecule has 53 heavy (non-hydrogen) atoms. The van der Waals surface area contributed by atoms with Gasteiger partial charge in [0.15, 0.2) is 5.82 Å². The van der Waals surface area contributed by atoms with Crippen LogP contribution in [-0.4, -0.2) is 111 Å². The van der Waals surface area contributed by atoms with E-state index < -0.39 is 17.5 Å². The highest BCUT2D eigenvalue weighted by Gasteiger charge is 2.54. The first kappa shape index (κ1) is 36.1. The molecule has 13 nitrogen and oxygen atoms in total. The Labute approximate surface area is 312 Å². The van der Waals surface area contributed by atoms with Gasteiger partial charge in [0.05, 0.1) is 62.8 Å². The van der Waals surface area contributed by atoms with Gasteiger partial charge < -0.3 is 29.3 Å². The van der Waals surface area contributed by atoms with E-state index >= 15 is 4.39 Å². The number of methoxy groups -OCH3 is 1. The predicted octanol–water partition coefficient (Wildman–Crippen LogP) is 5.33. The normalized spacial score (nSPS) is 30.5. The van der Waals surface area contributed by atoms with Gasteiger partial charge in [0.2, 0.25) is 5.88 Å². The lowest BCUT2D eigenvalue weighted by atomic mass is 9.65. The monoisotopic (exact) mass is 748 g/mol. The SMILES string of the molecule is COc1nc(-c2c(C)c(Cl)cc3[nH]ncc23)c(F)c2nc(OCC34CCC[C@H]3N(C3CC(C)(C#N)C3)CCC4)nc(N3CC(CO)OCC(C)(O)C3)c12. The van der Waals surface area contributed by atoms with Crippen molar-refractivity contribution in [1.29, 1.82) is 5.26 Å². The number of ether oxygens (including phenoxy) is 3. The van der Waals surface area contributed by atoms with Gasteiger partial charge in [-0.2, -0.15) is 20.3 Å². The largest absolute Gasteiger partial charge is 0.480 e. The fraction of sp³-hybridized carbons (Fsp3) is 0.605. The number of rotatable bonds is 8. The van der Waals surface area contributed by atoms with E-state index in [-0.39, 0.29) is 71.4 Å². The molecule has 1 aromatic carbocycles. The van der Waals surface area contributed by atoms with Crippen LogP contribution in [0.2, 0.25) is 5.02 Å². The highest BCUT2D eigenvalue weighted by Crippen LogP contribution is 2.53. The van der Waals surface area contributed by atoms with Crippen molar-refractivity contribution in [2.75, 3.05) is 51.5 Å². The number of hydrogen-bond acceptors (Lipinski definition) is 12. The summed E-state index contributed by atoms with van der Waals surface area (Å²) >= 11 is 6.63. The fourth-order valence-electron chi connectivity index (χ4n) is 9.46. The molecule has 3 unspecified atom stereocenters. The van der Waals surface area contributed by atoms with E-state index in [1.54, 1.807) is 31.0 Å². The number of benzene rings is 1. The van der Waals surface area contributed by atoms with E-state index in [1.807, 2.05) is 6.92 Å². The summed E-state index contributed by atoms with van der Waals surface area (Å²) < 4.78 is 35.6. The molecule has 3 N–H and O–H groups in total. The molecule has 5 heterocycles. The zero-order chi connectivity index (χ0) is 37.3. The number of H-pyrrole nitrogens is 1. The molecule has 4 fully saturated rings. The minimum atomic E-state index is -1.32. The van der Waals surface area contributed by atoms with Gasteiger partial charge in [-0.15, -0.1) is 0 Å². The Kier molecular flexibility index (Phi) is 9.17. The van der Waals surface area contributed by atoms with Gasteiger partial charge in [0.25, 0.3) is 0 Å². The molecule has 2 aliphatic carbocycles. The van der Waals surface area contributed by atoms with E-state index in [2.05, 4.69) is 21.2 Å². The number of pyridine rings is 1.